The summed E-state index contributed by atoms with van der Waals surface area (Å²) in [4.78, 5) is 4.86. The molecular weight excluding hydrogens is 432 g/mol. The van der Waals surface area contributed by atoms with Gasteiger partial charge in [-0.25, -0.2) is 0 Å². The fourth-order valence-electron chi connectivity index (χ4n) is 3.27. The highest BCUT2D eigenvalue weighted by Gasteiger charge is 2.21. The molecule has 0 unspecified atom stereocenters. The Bertz CT molecular complexity index is 703. The molecule has 0 saturated carbocycles. The van der Waals surface area contributed by atoms with Crippen LogP contribution in [0.1, 0.15) is 11.1 Å². The Morgan fingerprint density at radius 1 is 0.708 bits per heavy atom. The SMILES string of the molecule is Cc1c(N2CCN(c3ccc(N)c(Br)c3C)CC2)ccc(N)c1Br. The highest BCUT2D eigenvalue weighted by Crippen LogP contribution is 2.35. The second kappa shape index (κ2) is 6.84. The molecule has 0 aliphatic carbocycles. The van der Waals surface area contributed by atoms with Crippen molar-refractivity contribution in [2.24, 2.45) is 0 Å². The van der Waals surface area contributed by atoms with E-state index in [1.54, 1.807) is 0 Å². The normalized spacial score (nSPS) is 15.0. The number of hydrogen-bond donors (Lipinski definition) is 2. The number of piperazine rings is 1. The number of halogens is 2. The van der Waals surface area contributed by atoms with Gasteiger partial charge >= 0.3 is 0 Å². The molecule has 0 atom stereocenters. The molecule has 0 bridgehead atoms. The highest BCUT2D eigenvalue weighted by molar-refractivity contribution is 9.11. The summed E-state index contributed by atoms with van der Waals surface area (Å²) in [6.07, 6.45) is 0. The van der Waals surface area contributed by atoms with Crippen molar-refractivity contribution in [3.8, 4) is 0 Å². The number of nitrogens with two attached hydrogens (primary N) is 2. The summed E-state index contributed by atoms with van der Waals surface area (Å²) in [5, 5.41) is 0. The standard InChI is InChI=1S/C18H22Br2N4/c1-11-15(5-3-13(21)17(11)19)23-7-9-24(10-8-23)16-6-4-14(22)18(20)12(16)2/h3-6H,7-10,21-22H2,1-2H3. The highest BCUT2D eigenvalue weighted by atomic mass is 79.9. The van der Waals surface area contributed by atoms with E-state index in [0.29, 0.717) is 0 Å². The van der Waals surface area contributed by atoms with E-state index >= 15 is 0 Å². The van der Waals surface area contributed by atoms with Crippen molar-refractivity contribution in [2.45, 2.75) is 13.8 Å². The second-order valence-electron chi connectivity index (χ2n) is 6.20. The molecule has 1 saturated heterocycles. The maximum Gasteiger partial charge on any atom is 0.0462 e. The molecule has 4 N–H and O–H groups in total. The lowest BCUT2D eigenvalue weighted by Gasteiger charge is -2.39. The Hall–Kier alpha value is -1.40. The van der Waals surface area contributed by atoms with Gasteiger partial charge in [-0.2, -0.15) is 0 Å². The summed E-state index contributed by atoms with van der Waals surface area (Å²) < 4.78 is 2.00. The van der Waals surface area contributed by atoms with Gasteiger partial charge in [-0.3, -0.25) is 0 Å². The van der Waals surface area contributed by atoms with Crippen LogP contribution in [0.15, 0.2) is 33.2 Å². The van der Waals surface area contributed by atoms with E-state index in [-0.39, 0.29) is 0 Å². The third-order valence-corrected chi connectivity index (χ3v) is 6.84. The van der Waals surface area contributed by atoms with E-state index in [9.17, 15) is 0 Å². The predicted molar refractivity (Wildman–Crippen MR) is 111 cm³/mol. The van der Waals surface area contributed by atoms with Gasteiger partial charge in [0.1, 0.15) is 0 Å². The minimum Gasteiger partial charge on any atom is -0.398 e. The Labute approximate surface area is 160 Å². The molecule has 3 rings (SSSR count). The first-order valence-electron chi connectivity index (χ1n) is 7.99. The van der Waals surface area contributed by atoms with Crippen LogP contribution < -0.4 is 21.3 Å². The van der Waals surface area contributed by atoms with Gasteiger partial charge in [-0.15, -0.1) is 0 Å². The number of hydrogen-bond acceptors (Lipinski definition) is 4. The maximum atomic E-state index is 5.97. The first-order valence-corrected chi connectivity index (χ1v) is 9.57. The molecule has 0 amide bonds. The maximum absolute atomic E-state index is 5.97. The van der Waals surface area contributed by atoms with Crippen LogP contribution in [0.3, 0.4) is 0 Å². The Morgan fingerprint density at radius 3 is 1.38 bits per heavy atom. The molecule has 128 valence electrons. The zero-order valence-corrected chi connectivity index (χ0v) is 17.1. The topological polar surface area (TPSA) is 58.5 Å². The lowest BCUT2D eigenvalue weighted by Crippen LogP contribution is -2.47. The van der Waals surface area contributed by atoms with Crippen molar-refractivity contribution >= 4 is 54.6 Å². The van der Waals surface area contributed by atoms with Gasteiger partial charge in [-0.05, 0) is 81.1 Å². The van der Waals surface area contributed by atoms with Gasteiger partial charge < -0.3 is 21.3 Å². The van der Waals surface area contributed by atoms with E-state index in [1.807, 2.05) is 12.1 Å². The summed E-state index contributed by atoms with van der Waals surface area (Å²) in [5.41, 5.74) is 18.4. The van der Waals surface area contributed by atoms with E-state index in [4.69, 9.17) is 11.5 Å². The average molecular weight is 454 g/mol. The number of nitrogen functional groups attached to an aromatic ring is 2. The molecule has 1 aliphatic rings. The monoisotopic (exact) mass is 452 g/mol. The molecule has 2 aromatic rings. The quantitative estimate of drug-likeness (QED) is 0.664. The first-order chi connectivity index (χ1) is 11.4. The minimum atomic E-state index is 0.789. The molecular formula is C18H22Br2N4. The third-order valence-electron chi connectivity index (χ3n) is 4.74. The van der Waals surface area contributed by atoms with E-state index in [0.717, 1.165) is 46.5 Å². The fourth-order valence-corrected chi connectivity index (χ4v) is 3.94. The summed E-state index contributed by atoms with van der Waals surface area (Å²) >= 11 is 7.18. The lowest BCUT2D eigenvalue weighted by molar-refractivity contribution is 0.651. The van der Waals surface area contributed by atoms with Gasteiger partial charge in [-0.1, -0.05) is 0 Å². The van der Waals surface area contributed by atoms with Crippen LogP contribution in [0.4, 0.5) is 22.7 Å². The molecule has 24 heavy (non-hydrogen) atoms. The van der Waals surface area contributed by atoms with Crippen LogP contribution in [0, 0.1) is 13.8 Å². The lowest BCUT2D eigenvalue weighted by atomic mass is 10.1. The van der Waals surface area contributed by atoms with Crippen molar-refractivity contribution in [3.63, 3.8) is 0 Å². The molecule has 1 heterocycles. The van der Waals surface area contributed by atoms with Crippen LogP contribution in [-0.4, -0.2) is 26.2 Å². The van der Waals surface area contributed by atoms with Gasteiger partial charge in [0.25, 0.3) is 0 Å². The van der Waals surface area contributed by atoms with Gasteiger partial charge in [0.05, 0.1) is 0 Å². The Kier molecular flexibility index (Phi) is 4.97. The smallest absolute Gasteiger partial charge is 0.0462 e. The summed E-state index contributed by atoms with van der Waals surface area (Å²) in [7, 11) is 0. The van der Waals surface area contributed by atoms with Crippen molar-refractivity contribution in [1.29, 1.82) is 0 Å². The van der Waals surface area contributed by atoms with Crippen LogP contribution in [-0.2, 0) is 0 Å². The molecule has 1 aliphatic heterocycles. The largest absolute Gasteiger partial charge is 0.398 e. The van der Waals surface area contributed by atoms with Crippen molar-refractivity contribution in [1.82, 2.24) is 0 Å². The molecule has 1 fully saturated rings. The van der Waals surface area contributed by atoms with Gasteiger partial charge in [0, 0.05) is 57.9 Å². The molecule has 0 radical (unpaired) electrons. The van der Waals surface area contributed by atoms with Crippen LogP contribution in [0.5, 0.6) is 0 Å². The number of nitrogens with zero attached hydrogens (tertiary/aromatic N) is 2. The number of benzene rings is 2. The summed E-state index contributed by atoms with van der Waals surface area (Å²) in [6, 6.07) is 8.19. The molecule has 0 aromatic heterocycles. The van der Waals surface area contributed by atoms with Crippen LogP contribution in [0.25, 0.3) is 0 Å². The van der Waals surface area contributed by atoms with Crippen molar-refractivity contribution in [2.75, 3.05) is 47.4 Å². The van der Waals surface area contributed by atoms with Crippen LogP contribution >= 0.6 is 31.9 Å². The van der Waals surface area contributed by atoms with E-state index in [2.05, 4.69) is 67.6 Å². The molecule has 2 aromatic carbocycles. The summed E-state index contributed by atoms with van der Waals surface area (Å²) in [6.45, 7) is 8.17. The van der Waals surface area contributed by atoms with Gasteiger partial charge in [0.2, 0.25) is 0 Å². The van der Waals surface area contributed by atoms with Crippen molar-refractivity contribution < 1.29 is 0 Å². The zero-order valence-electron chi connectivity index (χ0n) is 13.9. The van der Waals surface area contributed by atoms with Crippen LogP contribution in [0.2, 0.25) is 0 Å². The minimum absolute atomic E-state index is 0.789. The zero-order chi connectivity index (χ0) is 17.4. The van der Waals surface area contributed by atoms with E-state index < -0.39 is 0 Å². The van der Waals surface area contributed by atoms with Gasteiger partial charge in [0.15, 0.2) is 0 Å². The second-order valence-corrected chi connectivity index (χ2v) is 7.79. The number of anilines is 4. The van der Waals surface area contributed by atoms with Crippen molar-refractivity contribution in [3.05, 3.63) is 44.3 Å². The Morgan fingerprint density at radius 2 is 1.04 bits per heavy atom. The summed E-state index contributed by atoms with van der Waals surface area (Å²) in [5.74, 6) is 0. The predicted octanol–water partition coefficient (Wildman–Crippen LogP) is 4.32. The molecule has 6 heteroatoms. The first kappa shape index (κ1) is 17.4. The fraction of sp³-hybridized carbons (Fsp3) is 0.333. The van der Waals surface area contributed by atoms with E-state index in [1.165, 1.54) is 22.5 Å². The molecule has 0 spiro atoms. The number of rotatable bonds is 2. The third kappa shape index (κ3) is 3.09. The average Bonchev–Trinajstić information content (AvgIpc) is 2.58. The molecule has 4 nitrogen and oxygen atoms in total. The Balaban J connectivity index is 1.77.